The molecule has 0 aliphatic carbocycles. The number of rotatable bonds is 3. The summed E-state index contributed by atoms with van der Waals surface area (Å²) < 4.78 is 0.960. The number of nitrogens with zero attached hydrogens (tertiary/aromatic N) is 1. The van der Waals surface area contributed by atoms with E-state index in [9.17, 15) is 0 Å². The maximum Gasteiger partial charge on any atom is 0.0934 e. The molecule has 21 heavy (non-hydrogen) atoms. The molecule has 3 rings (SSSR count). The standard InChI is InChI=1S/C16H11BrCl2N2/c17-11-7-10-3-1-6-15(16(10)21-8-11)20-9-12-13(18)4-2-5-14(12)19/h1-8,20H,9H2. The summed E-state index contributed by atoms with van der Waals surface area (Å²) in [5.41, 5.74) is 2.76. The molecule has 0 amide bonds. The van der Waals surface area contributed by atoms with Crippen LogP contribution in [-0.2, 0) is 6.54 Å². The first-order valence-electron chi connectivity index (χ1n) is 6.36. The zero-order valence-electron chi connectivity index (χ0n) is 10.9. The van der Waals surface area contributed by atoms with Crippen molar-refractivity contribution in [1.29, 1.82) is 0 Å². The van der Waals surface area contributed by atoms with Gasteiger partial charge < -0.3 is 5.32 Å². The van der Waals surface area contributed by atoms with Crippen molar-refractivity contribution in [3.8, 4) is 0 Å². The van der Waals surface area contributed by atoms with E-state index in [1.807, 2.05) is 42.5 Å². The summed E-state index contributed by atoms with van der Waals surface area (Å²) in [7, 11) is 0. The second-order valence-electron chi connectivity index (χ2n) is 4.58. The number of nitrogens with one attached hydrogen (secondary N) is 1. The van der Waals surface area contributed by atoms with Crippen molar-refractivity contribution < 1.29 is 0 Å². The molecule has 2 nitrogen and oxygen atoms in total. The van der Waals surface area contributed by atoms with E-state index in [0.717, 1.165) is 26.6 Å². The molecule has 0 aliphatic rings. The third kappa shape index (κ3) is 3.15. The fraction of sp³-hybridized carbons (Fsp3) is 0.0625. The highest BCUT2D eigenvalue weighted by atomic mass is 79.9. The van der Waals surface area contributed by atoms with Crippen molar-refractivity contribution in [3.05, 3.63) is 68.7 Å². The predicted molar refractivity (Wildman–Crippen MR) is 93.2 cm³/mol. The van der Waals surface area contributed by atoms with Gasteiger partial charge in [0.2, 0.25) is 0 Å². The summed E-state index contributed by atoms with van der Waals surface area (Å²) >= 11 is 15.8. The van der Waals surface area contributed by atoms with Gasteiger partial charge >= 0.3 is 0 Å². The van der Waals surface area contributed by atoms with E-state index >= 15 is 0 Å². The van der Waals surface area contributed by atoms with E-state index in [1.54, 1.807) is 6.20 Å². The smallest absolute Gasteiger partial charge is 0.0934 e. The summed E-state index contributed by atoms with van der Waals surface area (Å²) in [5, 5.41) is 5.74. The minimum Gasteiger partial charge on any atom is -0.379 e. The van der Waals surface area contributed by atoms with Crippen LogP contribution in [-0.4, -0.2) is 4.98 Å². The molecule has 0 radical (unpaired) electrons. The Bertz CT molecular complexity index is 785. The molecule has 1 heterocycles. The number of aromatic nitrogens is 1. The summed E-state index contributed by atoms with van der Waals surface area (Å²) in [6.45, 7) is 0.551. The summed E-state index contributed by atoms with van der Waals surface area (Å²) in [4.78, 5) is 4.46. The van der Waals surface area contributed by atoms with Gasteiger partial charge in [0, 0.05) is 38.2 Å². The van der Waals surface area contributed by atoms with Crippen molar-refractivity contribution in [3.63, 3.8) is 0 Å². The average molecular weight is 382 g/mol. The molecule has 0 atom stereocenters. The normalized spacial score (nSPS) is 10.8. The predicted octanol–water partition coefficient (Wildman–Crippen LogP) is 5.92. The highest BCUT2D eigenvalue weighted by molar-refractivity contribution is 9.10. The highest BCUT2D eigenvalue weighted by Crippen LogP contribution is 2.28. The molecule has 0 aliphatic heterocycles. The van der Waals surface area contributed by atoms with E-state index in [1.165, 1.54) is 0 Å². The molecule has 0 saturated carbocycles. The lowest BCUT2D eigenvalue weighted by molar-refractivity contribution is 1.15. The number of pyridine rings is 1. The second kappa shape index (κ2) is 6.22. The van der Waals surface area contributed by atoms with E-state index in [0.29, 0.717) is 16.6 Å². The first-order valence-corrected chi connectivity index (χ1v) is 7.91. The van der Waals surface area contributed by atoms with Crippen LogP contribution >= 0.6 is 39.1 Å². The Kier molecular flexibility index (Phi) is 4.34. The monoisotopic (exact) mass is 380 g/mol. The molecular formula is C16H11BrCl2N2. The topological polar surface area (TPSA) is 24.9 Å². The number of anilines is 1. The number of halogens is 3. The van der Waals surface area contributed by atoms with Gasteiger partial charge in [0.25, 0.3) is 0 Å². The largest absolute Gasteiger partial charge is 0.379 e. The quantitative estimate of drug-likeness (QED) is 0.609. The Morgan fingerprint density at radius 1 is 1.05 bits per heavy atom. The Labute approximate surface area is 141 Å². The Balaban J connectivity index is 1.92. The van der Waals surface area contributed by atoms with Crippen LogP contribution in [0, 0.1) is 0 Å². The Morgan fingerprint density at radius 2 is 1.76 bits per heavy atom. The zero-order valence-corrected chi connectivity index (χ0v) is 14.0. The molecule has 0 unspecified atom stereocenters. The van der Waals surface area contributed by atoms with Gasteiger partial charge in [0.15, 0.2) is 0 Å². The van der Waals surface area contributed by atoms with Crippen molar-refractivity contribution >= 4 is 55.7 Å². The number of para-hydroxylation sites is 1. The summed E-state index contributed by atoms with van der Waals surface area (Å²) in [6.07, 6.45) is 1.79. The van der Waals surface area contributed by atoms with E-state index < -0.39 is 0 Å². The van der Waals surface area contributed by atoms with Crippen LogP contribution in [0.3, 0.4) is 0 Å². The maximum atomic E-state index is 6.19. The summed E-state index contributed by atoms with van der Waals surface area (Å²) in [5.74, 6) is 0. The molecule has 0 spiro atoms. The van der Waals surface area contributed by atoms with Gasteiger partial charge in [-0.3, -0.25) is 4.98 Å². The minimum atomic E-state index is 0.551. The van der Waals surface area contributed by atoms with Gasteiger partial charge in [-0.25, -0.2) is 0 Å². The molecule has 106 valence electrons. The fourth-order valence-electron chi connectivity index (χ4n) is 2.16. The van der Waals surface area contributed by atoms with E-state index in [4.69, 9.17) is 23.2 Å². The van der Waals surface area contributed by atoms with Crippen molar-refractivity contribution in [2.24, 2.45) is 0 Å². The fourth-order valence-corrected chi connectivity index (χ4v) is 3.04. The molecular weight excluding hydrogens is 371 g/mol. The first-order chi connectivity index (χ1) is 10.1. The maximum absolute atomic E-state index is 6.19. The van der Waals surface area contributed by atoms with E-state index in [-0.39, 0.29) is 0 Å². The van der Waals surface area contributed by atoms with Crippen LogP contribution in [0.1, 0.15) is 5.56 Å². The van der Waals surface area contributed by atoms with Crippen LogP contribution in [0.5, 0.6) is 0 Å². The lowest BCUT2D eigenvalue weighted by Crippen LogP contribution is -2.02. The molecule has 0 fully saturated rings. The van der Waals surface area contributed by atoms with E-state index in [2.05, 4.69) is 26.2 Å². The van der Waals surface area contributed by atoms with Crippen LogP contribution in [0.15, 0.2) is 53.1 Å². The van der Waals surface area contributed by atoms with Crippen LogP contribution in [0.4, 0.5) is 5.69 Å². The molecule has 5 heteroatoms. The lowest BCUT2D eigenvalue weighted by Gasteiger charge is -2.11. The molecule has 0 bridgehead atoms. The number of hydrogen-bond donors (Lipinski definition) is 1. The molecule has 2 aromatic carbocycles. The lowest BCUT2D eigenvalue weighted by atomic mass is 10.1. The van der Waals surface area contributed by atoms with Gasteiger partial charge in [0.05, 0.1) is 11.2 Å². The highest BCUT2D eigenvalue weighted by Gasteiger charge is 2.07. The van der Waals surface area contributed by atoms with Crippen LogP contribution in [0.25, 0.3) is 10.9 Å². The SMILES string of the molecule is Clc1cccc(Cl)c1CNc1cccc2cc(Br)cnc12. The second-order valence-corrected chi connectivity index (χ2v) is 6.31. The van der Waals surface area contributed by atoms with Gasteiger partial charge in [-0.1, -0.05) is 41.4 Å². The van der Waals surface area contributed by atoms with Gasteiger partial charge in [-0.2, -0.15) is 0 Å². The Morgan fingerprint density at radius 3 is 2.52 bits per heavy atom. The van der Waals surface area contributed by atoms with Crippen LogP contribution < -0.4 is 5.32 Å². The Hall–Kier alpha value is -1.29. The number of hydrogen-bond acceptors (Lipinski definition) is 2. The number of benzene rings is 2. The molecule has 3 aromatic rings. The van der Waals surface area contributed by atoms with Gasteiger partial charge in [-0.15, -0.1) is 0 Å². The first kappa shape index (κ1) is 14.6. The molecule has 0 saturated heterocycles. The van der Waals surface area contributed by atoms with Crippen molar-refractivity contribution in [1.82, 2.24) is 4.98 Å². The molecule has 1 aromatic heterocycles. The molecule has 1 N–H and O–H groups in total. The van der Waals surface area contributed by atoms with Crippen LogP contribution in [0.2, 0.25) is 10.0 Å². The minimum absolute atomic E-state index is 0.551. The summed E-state index contributed by atoms with van der Waals surface area (Å²) in [6, 6.07) is 13.6. The van der Waals surface area contributed by atoms with Gasteiger partial charge in [-0.05, 0) is 40.2 Å². The third-order valence-corrected chi connectivity index (χ3v) is 4.34. The van der Waals surface area contributed by atoms with Gasteiger partial charge in [0.1, 0.15) is 0 Å². The van der Waals surface area contributed by atoms with Crippen molar-refractivity contribution in [2.45, 2.75) is 6.54 Å². The third-order valence-electron chi connectivity index (χ3n) is 3.19. The average Bonchev–Trinajstić information content (AvgIpc) is 2.46. The zero-order chi connectivity index (χ0) is 14.8. The van der Waals surface area contributed by atoms with Crippen molar-refractivity contribution in [2.75, 3.05) is 5.32 Å². The number of fused-ring (bicyclic) bond motifs is 1.